The molecule has 1 N–H and O–H groups in total. The fourth-order valence-corrected chi connectivity index (χ4v) is 4.64. The lowest BCUT2D eigenvalue weighted by atomic mass is 9.89. The van der Waals surface area contributed by atoms with Crippen molar-refractivity contribution in [1.82, 2.24) is 5.32 Å². The van der Waals surface area contributed by atoms with Crippen LogP contribution in [0, 0.1) is 5.82 Å². The topological polar surface area (TPSA) is 66.5 Å². The second-order valence-electron chi connectivity index (χ2n) is 7.51. The predicted octanol–water partition coefficient (Wildman–Crippen LogP) is 3.74. The van der Waals surface area contributed by atoms with Crippen LogP contribution in [-0.2, 0) is 27.7 Å². The fraction of sp³-hybridized carbons (Fsp3) is 0.409. The molecule has 0 saturated heterocycles. The Labute approximate surface area is 172 Å². The average Bonchev–Trinajstić information content (AvgIpc) is 2.69. The first kappa shape index (κ1) is 21.3. The lowest BCUT2D eigenvalue weighted by Crippen LogP contribution is -2.41. The Balaban J connectivity index is 1.76. The van der Waals surface area contributed by atoms with Gasteiger partial charge in [-0.2, -0.15) is 0 Å². The van der Waals surface area contributed by atoms with E-state index in [9.17, 15) is 17.6 Å². The largest absolute Gasteiger partial charge is 0.348 e. The van der Waals surface area contributed by atoms with Crippen molar-refractivity contribution in [3.05, 3.63) is 65.0 Å². The number of carbonyl (C=O) groups is 1. The number of hydrogen-bond acceptors (Lipinski definition) is 3. The van der Waals surface area contributed by atoms with Crippen LogP contribution in [0.3, 0.4) is 0 Å². The Bertz CT molecular complexity index is 991. The van der Waals surface area contributed by atoms with Crippen molar-refractivity contribution in [3.63, 3.8) is 0 Å². The van der Waals surface area contributed by atoms with E-state index >= 15 is 0 Å². The highest BCUT2D eigenvalue weighted by molar-refractivity contribution is 7.92. The van der Waals surface area contributed by atoms with Crippen LogP contribution in [-0.4, -0.2) is 27.1 Å². The summed E-state index contributed by atoms with van der Waals surface area (Å²) in [5.74, 6) is -0.985. The molecule has 0 heterocycles. The number of rotatable bonds is 7. The normalized spacial score (nSPS) is 14.7. The zero-order chi connectivity index (χ0) is 21.0. The van der Waals surface area contributed by atoms with Crippen LogP contribution in [0.1, 0.15) is 48.9 Å². The van der Waals surface area contributed by atoms with Crippen LogP contribution in [0.15, 0.2) is 42.5 Å². The molecule has 0 spiro atoms. The van der Waals surface area contributed by atoms with Gasteiger partial charge < -0.3 is 5.32 Å². The molecule has 2 aromatic rings. The highest BCUT2D eigenvalue weighted by Crippen LogP contribution is 2.26. The number of benzene rings is 2. The third-order valence-electron chi connectivity index (χ3n) is 5.30. The number of aryl methyl sites for hydroxylation is 2. The van der Waals surface area contributed by atoms with Gasteiger partial charge >= 0.3 is 0 Å². The van der Waals surface area contributed by atoms with Gasteiger partial charge in [-0.05, 0) is 67.0 Å². The lowest BCUT2D eigenvalue weighted by molar-refractivity contribution is -0.120. The minimum absolute atomic E-state index is 0.129. The van der Waals surface area contributed by atoms with Crippen molar-refractivity contribution >= 4 is 21.6 Å². The van der Waals surface area contributed by atoms with Gasteiger partial charge in [0.1, 0.15) is 12.4 Å². The third kappa shape index (κ3) is 5.35. The van der Waals surface area contributed by atoms with E-state index in [4.69, 9.17) is 0 Å². The number of nitrogens with one attached hydrogen (secondary N) is 1. The summed E-state index contributed by atoms with van der Waals surface area (Å²) in [5.41, 5.74) is 3.86. The Morgan fingerprint density at radius 3 is 2.52 bits per heavy atom. The molecular formula is C22H27FN2O3S. The number of anilines is 1. The molecule has 7 heteroatoms. The molecule has 1 amide bonds. The van der Waals surface area contributed by atoms with Gasteiger partial charge in [0.25, 0.3) is 0 Å². The molecule has 2 aromatic carbocycles. The smallest absolute Gasteiger partial charge is 0.241 e. The third-order valence-corrected chi connectivity index (χ3v) is 6.44. The lowest BCUT2D eigenvalue weighted by Gasteiger charge is -2.25. The number of hydrogen-bond donors (Lipinski definition) is 1. The summed E-state index contributed by atoms with van der Waals surface area (Å²) in [6, 6.07) is 11.4. The van der Waals surface area contributed by atoms with Gasteiger partial charge in [-0.3, -0.25) is 9.10 Å². The second kappa shape index (κ2) is 8.95. The summed E-state index contributed by atoms with van der Waals surface area (Å²) < 4.78 is 38.9. The highest BCUT2D eigenvalue weighted by atomic mass is 32.2. The molecule has 1 aliphatic carbocycles. The Morgan fingerprint density at radius 1 is 1.14 bits per heavy atom. The minimum Gasteiger partial charge on any atom is -0.348 e. The SMILES string of the molecule is CC[C@@H](NC(=O)CN(c1cccc(F)c1)S(C)(=O)=O)c1ccc2c(c1)CCCC2. The number of carbonyl (C=O) groups excluding carboxylic acids is 1. The first-order valence-electron chi connectivity index (χ1n) is 9.92. The molecule has 29 heavy (non-hydrogen) atoms. The molecular weight excluding hydrogens is 391 g/mol. The summed E-state index contributed by atoms with van der Waals surface area (Å²) in [6.07, 6.45) is 6.22. The first-order valence-corrected chi connectivity index (χ1v) is 11.8. The van der Waals surface area contributed by atoms with Gasteiger partial charge in [-0.15, -0.1) is 0 Å². The van der Waals surface area contributed by atoms with Crippen molar-refractivity contribution in [2.24, 2.45) is 0 Å². The van der Waals surface area contributed by atoms with E-state index in [2.05, 4.69) is 17.4 Å². The summed E-state index contributed by atoms with van der Waals surface area (Å²) >= 11 is 0. The number of amides is 1. The monoisotopic (exact) mass is 418 g/mol. The number of sulfonamides is 1. The van der Waals surface area contributed by atoms with Crippen LogP contribution < -0.4 is 9.62 Å². The Hall–Kier alpha value is -2.41. The maximum absolute atomic E-state index is 13.6. The van der Waals surface area contributed by atoms with Crippen molar-refractivity contribution < 1.29 is 17.6 Å². The van der Waals surface area contributed by atoms with E-state index in [1.165, 1.54) is 42.2 Å². The Kier molecular flexibility index (Phi) is 6.57. The predicted molar refractivity (Wildman–Crippen MR) is 113 cm³/mol. The summed E-state index contributed by atoms with van der Waals surface area (Å²) in [7, 11) is -3.74. The van der Waals surface area contributed by atoms with Crippen molar-refractivity contribution in [3.8, 4) is 0 Å². The van der Waals surface area contributed by atoms with E-state index in [0.717, 1.165) is 35.0 Å². The van der Waals surface area contributed by atoms with Gasteiger partial charge in [-0.25, -0.2) is 12.8 Å². The second-order valence-corrected chi connectivity index (χ2v) is 9.42. The molecule has 0 saturated carbocycles. The molecule has 3 rings (SSSR count). The quantitative estimate of drug-likeness (QED) is 0.745. The van der Waals surface area contributed by atoms with Crippen LogP contribution in [0.4, 0.5) is 10.1 Å². The van der Waals surface area contributed by atoms with Gasteiger partial charge in [0.15, 0.2) is 0 Å². The van der Waals surface area contributed by atoms with Crippen molar-refractivity contribution in [1.29, 1.82) is 0 Å². The molecule has 0 aliphatic heterocycles. The van der Waals surface area contributed by atoms with Gasteiger partial charge in [0.05, 0.1) is 18.0 Å². The standard InChI is InChI=1S/C22H27FN2O3S/c1-3-21(18-12-11-16-7-4-5-8-17(16)13-18)24-22(26)15-25(29(2,27)28)20-10-6-9-19(23)14-20/h6,9-14,21H,3-5,7-8,15H2,1-2H3,(H,24,26)/t21-/m1/s1. The van der Waals surface area contributed by atoms with Crippen LogP contribution in [0.25, 0.3) is 0 Å². The Morgan fingerprint density at radius 2 is 1.86 bits per heavy atom. The zero-order valence-electron chi connectivity index (χ0n) is 16.8. The van der Waals surface area contributed by atoms with E-state index in [1.807, 2.05) is 13.0 Å². The number of fused-ring (bicyclic) bond motifs is 1. The molecule has 5 nitrogen and oxygen atoms in total. The van der Waals surface area contributed by atoms with Crippen LogP contribution in [0.2, 0.25) is 0 Å². The average molecular weight is 419 g/mol. The highest BCUT2D eigenvalue weighted by Gasteiger charge is 2.23. The van der Waals surface area contributed by atoms with E-state index in [0.29, 0.717) is 6.42 Å². The molecule has 1 atom stereocenters. The van der Waals surface area contributed by atoms with Crippen LogP contribution in [0.5, 0.6) is 0 Å². The number of halogens is 1. The van der Waals surface area contributed by atoms with E-state index in [1.54, 1.807) is 0 Å². The molecule has 0 fully saturated rings. The molecule has 0 radical (unpaired) electrons. The van der Waals surface area contributed by atoms with Gasteiger partial charge in [-0.1, -0.05) is 31.2 Å². The first-order chi connectivity index (χ1) is 13.8. The molecule has 1 aliphatic rings. The van der Waals surface area contributed by atoms with E-state index in [-0.39, 0.29) is 11.7 Å². The number of nitrogens with zero attached hydrogens (tertiary/aromatic N) is 1. The van der Waals surface area contributed by atoms with Gasteiger partial charge in [0.2, 0.25) is 15.9 Å². The van der Waals surface area contributed by atoms with Gasteiger partial charge in [0, 0.05) is 0 Å². The minimum atomic E-state index is -3.74. The van der Waals surface area contributed by atoms with Crippen molar-refractivity contribution in [2.45, 2.75) is 45.1 Å². The zero-order valence-corrected chi connectivity index (χ0v) is 17.6. The molecule has 0 unspecified atom stereocenters. The molecule has 156 valence electrons. The maximum Gasteiger partial charge on any atom is 0.241 e. The van der Waals surface area contributed by atoms with Crippen LogP contribution >= 0.6 is 0 Å². The molecule has 0 aromatic heterocycles. The summed E-state index contributed by atoms with van der Waals surface area (Å²) in [6.45, 7) is 1.58. The van der Waals surface area contributed by atoms with E-state index < -0.39 is 28.3 Å². The summed E-state index contributed by atoms with van der Waals surface area (Å²) in [5, 5.41) is 2.94. The fourth-order valence-electron chi connectivity index (χ4n) is 3.79. The maximum atomic E-state index is 13.6. The van der Waals surface area contributed by atoms with Crippen molar-refractivity contribution in [2.75, 3.05) is 17.1 Å². The molecule has 0 bridgehead atoms. The summed E-state index contributed by atoms with van der Waals surface area (Å²) in [4.78, 5) is 12.7.